The van der Waals surface area contributed by atoms with Gasteiger partial charge in [0, 0.05) is 14.2 Å². The fraction of sp³-hybridized carbons (Fsp3) is 0.276. The Morgan fingerprint density at radius 3 is 1.50 bits per heavy atom. The van der Waals surface area contributed by atoms with Gasteiger partial charge in [0.2, 0.25) is 0 Å². The van der Waals surface area contributed by atoms with Gasteiger partial charge in [-0.05, 0) is 36.4 Å². The molecule has 5 atom stereocenters. The Kier molecular flexibility index (Phi) is 9.21. The maximum absolute atomic E-state index is 13.0. The molecule has 38 heavy (non-hydrogen) atoms. The summed E-state index contributed by atoms with van der Waals surface area (Å²) in [6, 6.07) is 25.2. The molecule has 4 rings (SSSR count). The van der Waals surface area contributed by atoms with Crippen molar-refractivity contribution in [2.75, 3.05) is 20.8 Å². The van der Waals surface area contributed by atoms with Crippen molar-refractivity contribution in [1.82, 2.24) is 0 Å². The number of hydrogen-bond donors (Lipinski definition) is 0. The molecule has 0 N–H and O–H groups in total. The minimum absolute atomic E-state index is 0.231. The van der Waals surface area contributed by atoms with Gasteiger partial charge in [0.05, 0.1) is 16.7 Å². The van der Waals surface area contributed by atoms with Gasteiger partial charge in [0.25, 0.3) is 0 Å². The molecule has 1 heterocycles. The molecule has 0 aromatic heterocycles. The topological polar surface area (TPSA) is 107 Å². The number of esters is 3. The Labute approximate surface area is 220 Å². The first-order valence-corrected chi connectivity index (χ1v) is 12.0. The molecule has 0 amide bonds. The lowest BCUT2D eigenvalue weighted by molar-refractivity contribution is -0.296. The number of benzene rings is 3. The van der Waals surface area contributed by atoms with Crippen LogP contribution in [-0.4, -0.2) is 69.4 Å². The maximum Gasteiger partial charge on any atom is 0.338 e. The summed E-state index contributed by atoms with van der Waals surface area (Å²) in [6.45, 7) is -0.231. The predicted octanol–water partition coefficient (Wildman–Crippen LogP) is 3.68. The molecule has 3 aromatic rings. The van der Waals surface area contributed by atoms with Gasteiger partial charge in [-0.1, -0.05) is 54.6 Å². The standard InChI is InChI=1S/C29H28O9/c1-33-23-22(18-35-26(30)19-12-6-3-7-13-19)36-29(34-2)25(38-28(32)21-16-10-5-11-17-21)24(23)37-27(31)20-14-8-4-9-15-20/h3-17,22-25,29H,18H2,1-2H3. The van der Waals surface area contributed by atoms with Gasteiger partial charge < -0.3 is 28.4 Å². The quantitative estimate of drug-likeness (QED) is 0.308. The van der Waals surface area contributed by atoms with E-state index in [9.17, 15) is 14.4 Å². The molecule has 1 fully saturated rings. The molecular formula is C29H28O9. The van der Waals surface area contributed by atoms with Crippen molar-refractivity contribution in [1.29, 1.82) is 0 Å². The van der Waals surface area contributed by atoms with Crippen LogP contribution in [0.1, 0.15) is 31.1 Å². The zero-order chi connectivity index (χ0) is 26.9. The van der Waals surface area contributed by atoms with Crippen LogP contribution in [0.4, 0.5) is 0 Å². The Morgan fingerprint density at radius 2 is 1.05 bits per heavy atom. The minimum Gasteiger partial charge on any atom is -0.459 e. The molecule has 0 aliphatic carbocycles. The summed E-state index contributed by atoms with van der Waals surface area (Å²) in [5.41, 5.74) is 0.952. The maximum atomic E-state index is 13.0. The van der Waals surface area contributed by atoms with Crippen molar-refractivity contribution >= 4 is 17.9 Å². The van der Waals surface area contributed by atoms with Crippen molar-refractivity contribution in [2.24, 2.45) is 0 Å². The van der Waals surface area contributed by atoms with Crippen LogP contribution in [0.15, 0.2) is 91.0 Å². The van der Waals surface area contributed by atoms with E-state index < -0.39 is 48.6 Å². The highest BCUT2D eigenvalue weighted by molar-refractivity contribution is 5.90. The van der Waals surface area contributed by atoms with Crippen LogP contribution < -0.4 is 0 Å². The summed E-state index contributed by atoms with van der Waals surface area (Å²) in [5.74, 6) is -1.88. The van der Waals surface area contributed by atoms with Crippen LogP contribution in [0.2, 0.25) is 0 Å². The van der Waals surface area contributed by atoms with Crippen LogP contribution in [0.3, 0.4) is 0 Å². The largest absolute Gasteiger partial charge is 0.459 e. The first-order valence-electron chi connectivity index (χ1n) is 12.0. The Morgan fingerprint density at radius 1 is 0.605 bits per heavy atom. The third kappa shape index (κ3) is 6.44. The van der Waals surface area contributed by atoms with Crippen molar-refractivity contribution < 1.29 is 42.8 Å². The first-order chi connectivity index (χ1) is 18.5. The molecule has 5 unspecified atom stereocenters. The number of carbonyl (C=O) groups excluding carboxylic acids is 3. The normalized spacial score (nSPS) is 22.7. The van der Waals surface area contributed by atoms with Crippen molar-refractivity contribution in [3.63, 3.8) is 0 Å². The van der Waals surface area contributed by atoms with E-state index in [1.807, 2.05) is 0 Å². The molecular weight excluding hydrogens is 492 g/mol. The number of ether oxygens (including phenoxy) is 6. The third-order valence-electron chi connectivity index (χ3n) is 5.99. The van der Waals surface area contributed by atoms with Gasteiger partial charge in [0.1, 0.15) is 18.8 Å². The summed E-state index contributed by atoms with van der Waals surface area (Å²) < 4.78 is 34.2. The molecule has 0 spiro atoms. The molecule has 9 nitrogen and oxygen atoms in total. The Bertz CT molecular complexity index is 1200. The lowest BCUT2D eigenvalue weighted by Gasteiger charge is -2.43. The lowest BCUT2D eigenvalue weighted by Crippen LogP contribution is -2.62. The number of carbonyl (C=O) groups is 3. The molecule has 198 valence electrons. The second-order valence-corrected chi connectivity index (χ2v) is 8.42. The van der Waals surface area contributed by atoms with E-state index >= 15 is 0 Å². The molecule has 0 radical (unpaired) electrons. The van der Waals surface area contributed by atoms with Crippen LogP contribution in [0.25, 0.3) is 0 Å². The van der Waals surface area contributed by atoms with Gasteiger partial charge in [-0.25, -0.2) is 14.4 Å². The zero-order valence-electron chi connectivity index (χ0n) is 20.9. The van der Waals surface area contributed by atoms with Gasteiger partial charge >= 0.3 is 17.9 Å². The van der Waals surface area contributed by atoms with Crippen LogP contribution in [-0.2, 0) is 28.4 Å². The summed E-state index contributed by atoms with van der Waals surface area (Å²) in [7, 11) is 2.76. The monoisotopic (exact) mass is 520 g/mol. The Balaban J connectivity index is 1.59. The van der Waals surface area contributed by atoms with Gasteiger partial charge in [-0.3, -0.25) is 0 Å². The molecule has 1 saturated heterocycles. The predicted molar refractivity (Wildman–Crippen MR) is 134 cm³/mol. The highest BCUT2D eigenvalue weighted by Gasteiger charge is 2.51. The summed E-state index contributed by atoms with van der Waals surface area (Å²) in [5, 5.41) is 0. The van der Waals surface area contributed by atoms with Crippen LogP contribution >= 0.6 is 0 Å². The first kappa shape index (κ1) is 27.0. The second kappa shape index (κ2) is 13.0. The molecule has 1 aliphatic rings. The van der Waals surface area contributed by atoms with E-state index in [1.54, 1.807) is 91.0 Å². The smallest absolute Gasteiger partial charge is 0.338 e. The third-order valence-corrected chi connectivity index (χ3v) is 5.99. The molecule has 0 saturated carbocycles. The molecule has 1 aliphatic heterocycles. The number of hydrogen-bond acceptors (Lipinski definition) is 9. The van der Waals surface area contributed by atoms with E-state index in [1.165, 1.54) is 14.2 Å². The fourth-order valence-corrected chi connectivity index (χ4v) is 4.09. The second-order valence-electron chi connectivity index (χ2n) is 8.42. The molecule has 9 heteroatoms. The van der Waals surface area contributed by atoms with Crippen molar-refractivity contribution in [3.8, 4) is 0 Å². The van der Waals surface area contributed by atoms with Crippen molar-refractivity contribution in [2.45, 2.75) is 30.7 Å². The van der Waals surface area contributed by atoms with Crippen LogP contribution in [0.5, 0.6) is 0 Å². The Hall–Kier alpha value is -4.05. The van der Waals surface area contributed by atoms with Gasteiger partial charge in [0.15, 0.2) is 18.5 Å². The van der Waals surface area contributed by atoms with E-state index in [2.05, 4.69) is 0 Å². The molecule has 3 aromatic carbocycles. The average Bonchev–Trinajstić information content (AvgIpc) is 2.97. The van der Waals surface area contributed by atoms with E-state index in [0.29, 0.717) is 16.7 Å². The SMILES string of the molecule is COC1OC(COC(=O)c2ccccc2)C(OC)C(OC(=O)c2ccccc2)C1OC(=O)c1ccccc1. The van der Waals surface area contributed by atoms with Crippen LogP contribution in [0, 0.1) is 0 Å². The highest BCUT2D eigenvalue weighted by Crippen LogP contribution is 2.30. The summed E-state index contributed by atoms with van der Waals surface area (Å²) in [4.78, 5) is 38.5. The average molecular weight is 521 g/mol. The number of rotatable bonds is 9. The highest BCUT2D eigenvalue weighted by atomic mass is 16.7. The van der Waals surface area contributed by atoms with Crippen molar-refractivity contribution in [3.05, 3.63) is 108 Å². The van der Waals surface area contributed by atoms with E-state index in [-0.39, 0.29) is 6.61 Å². The summed E-state index contributed by atoms with van der Waals surface area (Å²) in [6.07, 6.45) is -5.36. The van der Waals surface area contributed by atoms with E-state index in [4.69, 9.17) is 28.4 Å². The number of methoxy groups -OCH3 is 2. The lowest BCUT2D eigenvalue weighted by atomic mass is 9.98. The zero-order valence-corrected chi connectivity index (χ0v) is 20.9. The fourth-order valence-electron chi connectivity index (χ4n) is 4.09. The van der Waals surface area contributed by atoms with E-state index in [0.717, 1.165) is 0 Å². The minimum atomic E-state index is -1.19. The summed E-state index contributed by atoms with van der Waals surface area (Å²) >= 11 is 0. The van der Waals surface area contributed by atoms with Gasteiger partial charge in [-0.2, -0.15) is 0 Å². The molecule has 0 bridgehead atoms. The van der Waals surface area contributed by atoms with Gasteiger partial charge in [-0.15, -0.1) is 0 Å².